The molecule has 0 aromatic carbocycles. The van der Waals surface area contributed by atoms with Crippen molar-refractivity contribution in [1.82, 2.24) is 4.31 Å². The Kier molecular flexibility index (Phi) is 3.96. The SMILES string of the molecule is CCCS(=O)(=O)N1C(C(=O)O)CC2CCCCC21. The van der Waals surface area contributed by atoms with Crippen LogP contribution in [0.3, 0.4) is 0 Å². The van der Waals surface area contributed by atoms with Gasteiger partial charge in [0, 0.05) is 6.04 Å². The Morgan fingerprint density at radius 3 is 2.61 bits per heavy atom. The number of fused-ring (bicyclic) bond motifs is 1. The lowest BCUT2D eigenvalue weighted by Gasteiger charge is -2.32. The quantitative estimate of drug-likeness (QED) is 0.842. The Balaban J connectivity index is 2.30. The maximum Gasteiger partial charge on any atom is 0.322 e. The summed E-state index contributed by atoms with van der Waals surface area (Å²) in [5, 5.41) is 9.26. The molecule has 1 saturated heterocycles. The molecule has 2 fully saturated rings. The number of hydrogen-bond acceptors (Lipinski definition) is 3. The molecular formula is C12H21NO4S. The number of nitrogens with zero attached hydrogens (tertiary/aromatic N) is 1. The summed E-state index contributed by atoms with van der Waals surface area (Å²) in [7, 11) is -3.42. The molecule has 1 heterocycles. The van der Waals surface area contributed by atoms with Gasteiger partial charge in [0.05, 0.1) is 5.75 Å². The van der Waals surface area contributed by atoms with Crippen molar-refractivity contribution in [2.75, 3.05) is 5.75 Å². The van der Waals surface area contributed by atoms with Gasteiger partial charge in [-0.3, -0.25) is 4.79 Å². The molecule has 0 aromatic rings. The largest absolute Gasteiger partial charge is 0.480 e. The smallest absolute Gasteiger partial charge is 0.322 e. The van der Waals surface area contributed by atoms with E-state index < -0.39 is 22.0 Å². The summed E-state index contributed by atoms with van der Waals surface area (Å²) in [6, 6.07) is -0.911. The second-order valence-corrected chi connectivity index (χ2v) is 7.34. The Morgan fingerprint density at radius 2 is 2.00 bits per heavy atom. The highest BCUT2D eigenvalue weighted by atomic mass is 32.2. The van der Waals surface area contributed by atoms with E-state index in [1.165, 1.54) is 4.31 Å². The first-order valence-electron chi connectivity index (χ1n) is 6.71. The van der Waals surface area contributed by atoms with E-state index in [2.05, 4.69) is 0 Å². The Bertz CT molecular complexity index is 420. The number of carboxylic acids is 1. The van der Waals surface area contributed by atoms with Gasteiger partial charge in [-0.05, 0) is 31.6 Å². The van der Waals surface area contributed by atoms with E-state index in [0.29, 0.717) is 12.8 Å². The maximum absolute atomic E-state index is 12.3. The average molecular weight is 275 g/mol. The minimum Gasteiger partial charge on any atom is -0.480 e. The molecule has 0 spiro atoms. The van der Waals surface area contributed by atoms with Crippen LogP contribution in [0.2, 0.25) is 0 Å². The summed E-state index contributed by atoms with van der Waals surface area (Å²) in [6.45, 7) is 1.81. The number of sulfonamides is 1. The van der Waals surface area contributed by atoms with Gasteiger partial charge in [0.25, 0.3) is 0 Å². The number of rotatable bonds is 4. The van der Waals surface area contributed by atoms with Crippen molar-refractivity contribution in [3.05, 3.63) is 0 Å². The van der Waals surface area contributed by atoms with Crippen molar-refractivity contribution in [3.8, 4) is 0 Å². The highest BCUT2D eigenvalue weighted by molar-refractivity contribution is 7.89. The second kappa shape index (κ2) is 5.17. The first-order valence-corrected chi connectivity index (χ1v) is 8.32. The molecule has 104 valence electrons. The van der Waals surface area contributed by atoms with Crippen LogP contribution in [0.25, 0.3) is 0 Å². The van der Waals surface area contributed by atoms with Crippen LogP contribution in [0.1, 0.15) is 45.4 Å². The first kappa shape index (κ1) is 13.8. The molecule has 1 N–H and O–H groups in total. The third-order valence-electron chi connectivity index (χ3n) is 4.10. The van der Waals surface area contributed by atoms with Gasteiger partial charge >= 0.3 is 5.97 Å². The van der Waals surface area contributed by atoms with Crippen molar-refractivity contribution >= 4 is 16.0 Å². The molecule has 1 saturated carbocycles. The molecular weight excluding hydrogens is 254 g/mol. The van der Waals surface area contributed by atoms with Crippen molar-refractivity contribution in [3.63, 3.8) is 0 Å². The molecule has 0 aromatic heterocycles. The Morgan fingerprint density at radius 1 is 1.33 bits per heavy atom. The van der Waals surface area contributed by atoms with Crippen LogP contribution >= 0.6 is 0 Å². The Labute approximate surface area is 108 Å². The van der Waals surface area contributed by atoms with E-state index in [-0.39, 0.29) is 17.7 Å². The molecule has 0 bridgehead atoms. The summed E-state index contributed by atoms with van der Waals surface area (Å²) >= 11 is 0. The van der Waals surface area contributed by atoms with Gasteiger partial charge in [0.2, 0.25) is 10.0 Å². The lowest BCUT2D eigenvalue weighted by atomic mass is 9.85. The van der Waals surface area contributed by atoms with Gasteiger partial charge in [-0.15, -0.1) is 0 Å². The molecule has 0 amide bonds. The minimum atomic E-state index is -3.42. The van der Waals surface area contributed by atoms with Crippen molar-refractivity contribution in [2.45, 2.75) is 57.5 Å². The average Bonchev–Trinajstić information content (AvgIpc) is 2.68. The van der Waals surface area contributed by atoms with Gasteiger partial charge in [-0.2, -0.15) is 4.31 Å². The van der Waals surface area contributed by atoms with Gasteiger partial charge in [0.1, 0.15) is 6.04 Å². The summed E-state index contributed by atoms with van der Waals surface area (Å²) < 4.78 is 25.9. The molecule has 3 unspecified atom stereocenters. The summed E-state index contributed by atoms with van der Waals surface area (Å²) in [5.74, 6) is -0.699. The number of carboxylic acid groups (broad SMARTS) is 1. The van der Waals surface area contributed by atoms with E-state index in [1.807, 2.05) is 6.92 Å². The topological polar surface area (TPSA) is 74.7 Å². The number of hydrogen-bond donors (Lipinski definition) is 1. The van der Waals surface area contributed by atoms with Crippen molar-refractivity contribution in [2.24, 2.45) is 5.92 Å². The van der Waals surface area contributed by atoms with Crippen LogP contribution in [-0.2, 0) is 14.8 Å². The van der Waals surface area contributed by atoms with E-state index in [4.69, 9.17) is 0 Å². The monoisotopic (exact) mass is 275 g/mol. The van der Waals surface area contributed by atoms with E-state index >= 15 is 0 Å². The number of aliphatic carboxylic acids is 1. The minimum absolute atomic E-state index is 0.0556. The zero-order valence-electron chi connectivity index (χ0n) is 10.7. The molecule has 18 heavy (non-hydrogen) atoms. The molecule has 2 rings (SSSR count). The molecule has 1 aliphatic carbocycles. The van der Waals surface area contributed by atoms with E-state index in [9.17, 15) is 18.3 Å². The predicted octanol–water partition coefficient (Wildman–Crippen LogP) is 1.44. The van der Waals surface area contributed by atoms with Crippen molar-refractivity contribution < 1.29 is 18.3 Å². The van der Waals surface area contributed by atoms with Crippen LogP contribution in [0, 0.1) is 5.92 Å². The third-order valence-corrected chi connectivity index (χ3v) is 6.19. The van der Waals surface area contributed by atoms with Crippen molar-refractivity contribution in [1.29, 1.82) is 0 Å². The zero-order chi connectivity index (χ0) is 13.3. The van der Waals surface area contributed by atoms with Crippen LogP contribution in [0.15, 0.2) is 0 Å². The highest BCUT2D eigenvalue weighted by Crippen LogP contribution is 2.41. The lowest BCUT2D eigenvalue weighted by Crippen LogP contribution is -2.47. The van der Waals surface area contributed by atoms with Crippen LogP contribution in [-0.4, -0.2) is 41.6 Å². The molecule has 2 aliphatic rings. The van der Waals surface area contributed by atoms with E-state index in [1.54, 1.807) is 0 Å². The maximum atomic E-state index is 12.3. The molecule has 1 aliphatic heterocycles. The first-order chi connectivity index (χ1) is 8.47. The summed E-state index contributed by atoms with van der Waals surface area (Å²) in [5.41, 5.74) is 0. The predicted molar refractivity (Wildman–Crippen MR) is 67.7 cm³/mol. The lowest BCUT2D eigenvalue weighted by molar-refractivity contribution is -0.141. The fourth-order valence-corrected chi connectivity index (χ4v) is 5.37. The highest BCUT2D eigenvalue weighted by Gasteiger charge is 2.50. The van der Waals surface area contributed by atoms with Gasteiger partial charge < -0.3 is 5.11 Å². The van der Waals surface area contributed by atoms with Gasteiger partial charge in [-0.1, -0.05) is 19.8 Å². The summed E-state index contributed by atoms with van der Waals surface area (Å²) in [4.78, 5) is 11.3. The number of carbonyl (C=O) groups is 1. The normalized spacial score (nSPS) is 33.3. The van der Waals surface area contributed by atoms with Crippen LogP contribution in [0.5, 0.6) is 0 Å². The molecule has 0 radical (unpaired) electrons. The second-order valence-electron chi connectivity index (χ2n) is 5.35. The van der Waals surface area contributed by atoms with Gasteiger partial charge in [0.15, 0.2) is 0 Å². The molecule has 3 atom stereocenters. The van der Waals surface area contributed by atoms with Crippen LogP contribution < -0.4 is 0 Å². The Hall–Kier alpha value is -0.620. The third kappa shape index (κ3) is 2.40. The molecule has 6 heteroatoms. The van der Waals surface area contributed by atoms with Gasteiger partial charge in [-0.25, -0.2) is 8.42 Å². The van der Waals surface area contributed by atoms with Crippen LogP contribution in [0.4, 0.5) is 0 Å². The zero-order valence-corrected chi connectivity index (χ0v) is 11.5. The fraction of sp³-hybridized carbons (Fsp3) is 0.917. The summed E-state index contributed by atoms with van der Waals surface area (Å²) in [6.07, 6.45) is 4.90. The van der Waals surface area contributed by atoms with E-state index in [0.717, 1.165) is 25.7 Å². The fourth-order valence-electron chi connectivity index (χ4n) is 3.39. The standard InChI is InChI=1S/C12H21NO4S/c1-2-7-18(16,17)13-10-6-4-3-5-9(10)8-11(13)12(14)15/h9-11H,2-8H2,1H3,(H,14,15). The molecule has 5 nitrogen and oxygen atoms in total.